The van der Waals surface area contributed by atoms with Crippen molar-refractivity contribution in [3.8, 4) is 22.4 Å². The zero-order valence-corrected chi connectivity index (χ0v) is 24.8. The van der Waals surface area contributed by atoms with E-state index in [9.17, 15) is 0 Å². The first-order chi connectivity index (χ1) is 19.0. The van der Waals surface area contributed by atoms with Gasteiger partial charge in [-0.1, -0.05) is 127 Å². The van der Waals surface area contributed by atoms with Gasteiger partial charge in [0.1, 0.15) is 5.65 Å². The molecule has 0 aliphatic rings. The molecule has 6 rings (SSSR count). The number of hydrogen-bond acceptors (Lipinski definition) is 1. The standard InChI is InChI=1S/C32H28N2.C3H8.C2H6/c1-20(2)23-16-17-25(22(4)18-23)30-19-33-32-28-14-9-13-26(24-11-6-5-10-21(24)3)31(28)27-12-7-8-15-29(27)34(30)32;1-3-2;1-2/h5-20H,1-4H3;3H2,1-2H3;1-2H3. The highest BCUT2D eigenvalue weighted by atomic mass is 15.0. The third kappa shape index (κ3) is 5.21. The number of benzene rings is 4. The highest BCUT2D eigenvalue weighted by molar-refractivity contribution is 6.18. The van der Waals surface area contributed by atoms with Gasteiger partial charge in [-0.25, -0.2) is 4.98 Å². The van der Waals surface area contributed by atoms with Crippen LogP contribution in [-0.4, -0.2) is 9.38 Å². The fourth-order valence-corrected chi connectivity index (χ4v) is 5.32. The number of aryl methyl sites for hydroxylation is 2. The third-order valence-corrected chi connectivity index (χ3v) is 7.11. The summed E-state index contributed by atoms with van der Waals surface area (Å²) in [6.07, 6.45) is 3.29. The van der Waals surface area contributed by atoms with Crippen molar-refractivity contribution in [3.63, 3.8) is 0 Å². The summed E-state index contributed by atoms with van der Waals surface area (Å²) in [6.45, 7) is 17.1. The van der Waals surface area contributed by atoms with Crippen LogP contribution in [0.4, 0.5) is 0 Å². The van der Waals surface area contributed by atoms with E-state index in [1.807, 2.05) is 20.0 Å². The molecule has 2 heteroatoms. The topological polar surface area (TPSA) is 17.3 Å². The minimum absolute atomic E-state index is 0.513. The molecule has 0 saturated heterocycles. The Labute approximate surface area is 234 Å². The Bertz CT molecular complexity index is 1720. The van der Waals surface area contributed by atoms with Crippen LogP contribution in [0, 0.1) is 13.8 Å². The lowest BCUT2D eigenvalue weighted by Gasteiger charge is -2.16. The number of pyridine rings is 1. The van der Waals surface area contributed by atoms with Crippen LogP contribution in [-0.2, 0) is 0 Å². The van der Waals surface area contributed by atoms with Crippen molar-refractivity contribution >= 4 is 27.3 Å². The van der Waals surface area contributed by atoms with Crippen molar-refractivity contribution in [3.05, 3.63) is 108 Å². The Morgan fingerprint density at radius 2 is 1.33 bits per heavy atom. The van der Waals surface area contributed by atoms with E-state index in [2.05, 4.69) is 131 Å². The van der Waals surface area contributed by atoms with Crippen LogP contribution >= 0.6 is 0 Å². The Morgan fingerprint density at radius 3 is 2.03 bits per heavy atom. The second kappa shape index (κ2) is 12.3. The molecule has 0 radical (unpaired) electrons. The van der Waals surface area contributed by atoms with Gasteiger partial charge in [0.05, 0.1) is 17.4 Å². The minimum Gasteiger partial charge on any atom is -0.292 e. The number of aromatic nitrogens is 2. The molecule has 6 aromatic rings. The van der Waals surface area contributed by atoms with Crippen LogP contribution in [0.1, 0.15) is 70.6 Å². The molecule has 2 nitrogen and oxygen atoms in total. The Hall–Kier alpha value is -3.91. The second-order valence-electron chi connectivity index (χ2n) is 10.3. The summed E-state index contributed by atoms with van der Waals surface area (Å²) in [5.41, 5.74) is 11.0. The number of fused-ring (bicyclic) bond motifs is 6. The van der Waals surface area contributed by atoms with Crippen molar-refractivity contribution in [2.24, 2.45) is 0 Å². The smallest absolute Gasteiger partial charge is 0.145 e. The SMILES string of the molecule is CC.CCC.Cc1ccccc1-c1cccc2c1c1ccccc1n1c(-c3ccc(C(C)C)cc3C)cnc21. The highest BCUT2D eigenvalue weighted by Gasteiger charge is 2.18. The zero-order valence-electron chi connectivity index (χ0n) is 24.8. The number of rotatable bonds is 3. The van der Waals surface area contributed by atoms with E-state index in [0.29, 0.717) is 5.92 Å². The van der Waals surface area contributed by atoms with Gasteiger partial charge in [-0.3, -0.25) is 4.40 Å². The first-order valence-electron chi connectivity index (χ1n) is 14.4. The lowest BCUT2D eigenvalue weighted by molar-refractivity contribution is 0.865. The number of para-hydroxylation sites is 1. The summed E-state index contributed by atoms with van der Waals surface area (Å²) in [5, 5.41) is 3.70. The molecule has 0 atom stereocenters. The van der Waals surface area contributed by atoms with Crippen LogP contribution in [0.2, 0.25) is 0 Å². The van der Waals surface area contributed by atoms with Crippen LogP contribution in [0.3, 0.4) is 0 Å². The second-order valence-corrected chi connectivity index (χ2v) is 10.3. The normalized spacial score (nSPS) is 10.9. The highest BCUT2D eigenvalue weighted by Crippen LogP contribution is 2.39. The van der Waals surface area contributed by atoms with Crippen LogP contribution < -0.4 is 0 Å². The van der Waals surface area contributed by atoms with Gasteiger partial charge in [0.25, 0.3) is 0 Å². The summed E-state index contributed by atoms with van der Waals surface area (Å²) < 4.78 is 2.34. The maximum Gasteiger partial charge on any atom is 0.145 e. The molecule has 4 aromatic carbocycles. The first-order valence-corrected chi connectivity index (χ1v) is 14.4. The molecule has 200 valence electrons. The Morgan fingerprint density at radius 1 is 0.692 bits per heavy atom. The van der Waals surface area contributed by atoms with Gasteiger partial charge in [-0.05, 0) is 53.6 Å². The molecule has 0 aliphatic heterocycles. The van der Waals surface area contributed by atoms with Crippen molar-refractivity contribution in [2.75, 3.05) is 0 Å². The molecule has 39 heavy (non-hydrogen) atoms. The molecular formula is C37H42N2. The molecule has 0 amide bonds. The fourth-order valence-electron chi connectivity index (χ4n) is 5.32. The summed E-state index contributed by atoms with van der Waals surface area (Å²) in [7, 11) is 0. The van der Waals surface area contributed by atoms with E-state index >= 15 is 0 Å². The van der Waals surface area contributed by atoms with E-state index in [1.54, 1.807) is 0 Å². The van der Waals surface area contributed by atoms with Crippen molar-refractivity contribution in [1.82, 2.24) is 9.38 Å². The van der Waals surface area contributed by atoms with Crippen LogP contribution in [0.15, 0.2) is 91.1 Å². The van der Waals surface area contributed by atoms with Crippen LogP contribution in [0.25, 0.3) is 49.7 Å². The largest absolute Gasteiger partial charge is 0.292 e. The zero-order chi connectivity index (χ0) is 28.1. The van der Waals surface area contributed by atoms with Gasteiger partial charge in [-0.15, -0.1) is 0 Å². The predicted octanol–water partition coefficient (Wildman–Crippen LogP) is 11.2. The summed E-state index contributed by atoms with van der Waals surface area (Å²) in [6, 6.07) is 30.8. The van der Waals surface area contributed by atoms with Crippen LogP contribution in [0.5, 0.6) is 0 Å². The predicted molar refractivity (Wildman–Crippen MR) is 172 cm³/mol. The molecule has 0 aliphatic carbocycles. The molecule has 2 aromatic heterocycles. The van der Waals surface area contributed by atoms with Gasteiger partial charge < -0.3 is 0 Å². The van der Waals surface area contributed by atoms with Gasteiger partial charge in [0.15, 0.2) is 0 Å². The monoisotopic (exact) mass is 514 g/mol. The third-order valence-electron chi connectivity index (χ3n) is 7.11. The molecule has 0 fully saturated rings. The van der Waals surface area contributed by atoms with E-state index < -0.39 is 0 Å². The van der Waals surface area contributed by atoms with Gasteiger partial charge >= 0.3 is 0 Å². The molecule has 0 spiro atoms. The summed E-state index contributed by atoms with van der Waals surface area (Å²) >= 11 is 0. The average molecular weight is 515 g/mol. The van der Waals surface area contributed by atoms with E-state index in [0.717, 1.165) is 11.3 Å². The first kappa shape index (κ1) is 28.1. The minimum atomic E-state index is 0.513. The van der Waals surface area contributed by atoms with E-state index in [4.69, 9.17) is 4.98 Å². The van der Waals surface area contributed by atoms with Gasteiger partial charge in [0, 0.05) is 21.7 Å². The van der Waals surface area contributed by atoms with E-state index in [1.165, 1.54) is 61.5 Å². The molecular weight excluding hydrogens is 472 g/mol. The Balaban J connectivity index is 0.000000662. The number of nitrogens with zero attached hydrogens (tertiary/aromatic N) is 2. The maximum atomic E-state index is 4.99. The molecule has 0 N–H and O–H groups in total. The molecule has 2 heterocycles. The molecule has 0 saturated carbocycles. The van der Waals surface area contributed by atoms with Crippen molar-refractivity contribution in [1.29, 1.82) is 0 Å². The average Bonchev–Trinajstić information content (AvgIpc) is 3.40. The Kier molecular flexibility index (Phi) is 8.86. The summed E-state index contributed by atoms with van der Waals surface area (Å²) in [4.78, 5) is 4.99. The number of imidazole rings is 1. The van der Waals surface area contributed by atoms with Gasteiger partial charge in [-0.2, -0.15) is 0 Å². The van der Waals surface area contributed by atoms with Gasteiger partial charge in [0.2, 0.25) is 0 Å². The molecule has 0 unspecified atom stereocenters. The maximum absolute atomic E-state index is 4.99. The van der Waals surface area contributed by atoms with E-state index in [-0.39, 0.29) is 0 Å². The number of hydrogen-bond donors (Lipinski definition) is 0. The van der Waals surface area contributed by atoms with Crippen molar-refractivity contribution in [2.45, 2.75) is 67.7 Å². The lowest BCUT2D eigenvalue weighted by Crippen LogP contribution is -1.97. The lowest BCUT2D eigenvalue weighted by atomic mass is 9.93. The summed E-state index contributed by atoms with van der Waals surface area (Å²) in [5.74, 6) is 0.513. The molecule has 0 bridgehead atoms. The fraction of sp³-hybridized carbons (Fsp3) is 0.270. The van der Waals surface area contributed by atoms with Crippen molar-refractivity contribution < 1.29 is 0 Å². The quantitative estimate of drug-likeness (QED) is 0.215.